The number of anilines is 1. The van der Waals surface area contributed by atoms with Crippen LogP contribution in [0.4, 0.5) is 5.69 Å². The van der Waals surface area contributed by atoms with E-state index in [1.54, 1.807) is 12.3 Å². The second kappa shape index (κ2) is 5.17. The fourth-order valence-electron chi connectivity index (χ4n) is 2.04. The van der Waals surface area contributed by atoms with E-state index in [1.165, 1.54) is 0 Å². The molecule has 0 aromatic carbocycles. The molecule has 1 N–H and O–H groups in total. The molecule has 1 fully saturated rings. The lowest BCUT2D eigenvalue weighted by Crippen LogP contribution is -2.38. The van der Waals surface area contributed by atoms with E-state index in [0.29, 0.717) is 5.69 Å². The van der Waals surface area contributed by atoms with Crippen LogP contribution in [0.3, 0.4) is 0 Å². The first-order valence-electron chi connectivity index (χ1n) is 6.14. The molecule has 1 aromatic heterocycles. The Kier molecular flexibility index (Phi) is 3.61. The molecule has 0 aliphatic carbocycles. The molecule has 0 radical (unpaired) electrons. The van der Waals surface area contributed by atoms with Crippen LogP contribution >= 0.6 is 0 Å². The molecule has 2 rings (SSSR count). The van der Waals surface area contributed by atoms with Crippen molar-refractivity contribution in [2.45, 2.75) is 19.8 Å². The summed E-state index contributed by atoms with van der Waals surface area (Å²) >= 11 is 0. The Bertz CT molecular complexity index is 380. The number of pyridine rings is 1. The van der Waals surface area contributed by atoms with Crippen molar-refractivity contribution in [3.05, 3.63) is 24.0 Å². The molecule has 4 nitrogen and oxygen atoms in total. The predicted octanol–water partition coefficient (Wildman–Crippen LogP) is 2.00. The SMILES string of the molecule is CNc1ccc(C(=O)N2CCC(C)CC2)nc1. The second-order valence-electron chi connectivity index (χ2n) is 4.66. The highest BCUT2D eigenvalue weighted by Gasteiger charge is 2.21. The molecule has 1 amide bonds. The molecule has 92 valence electrons. The summed E-state index contributed by atoms with van der Waals surface area (Å²) in [7, 11) is 1.84. The standard InChI is InChI=1S/C13H19N3O/c1-10-5-7-16(8-6-10)13(17)12-4-3-11(14-2)9-15-12/h3-4,9-10,14H,5-8H2,1-2H3. The van der Waals surface area contributed by atoms with Crippen LogP contribution in [-0.4, -0.2) is 35.9 Å². The van der Waals surface area contributed by atoms with Gasteiger partial charge in [-0.25, -0.2) is 4.98 Å². The normalized spacial score (nSPS) is 16.9. The van der Waals surface area contributed by atoms with Gasteiger partial charge in [0.15, 0.2) is 0 Å². The van der Waals surface area contributed by atoms with Gasteiger partial charge in [0.05, 0.1) is 11.9 Å². The van der Waals surface area contributed by atoms with Crippen LogP contribution in [0.5, 0.6) is 0 Å². The zero-order chi connectivity index (χ0) is 12.3. The lowest BCUT2D eigenvalue weighted by atomic mass is 9.99. The molecule has 1 aliphatic rings. The third-order valence-electron chi connectivity index (χ3n) is 3.34. The van der Waals surface area contributed by atoms with Crippen molar-refractivity contribution < 1.29 is 4.79 Å². The first-order chi connectivity index (χ1) is 8.20. The Hall–Kier alpha value is -1.58. The predicted molar refractivity (Wildman–Crippen MR) is 68.1 cm³/mol. The van der Waals surface area contributed by atoms with Gasteiger partial charge in [-0.3, -0.25) is 4.79 Å². The van der Waals surface area contributed by atoms with E-state index in [1.807, 2.05) is 18.0 Å². The Balaban J connectivity index is 2.03. The van der Waals surface area contributed by atoms with E-state index in [2.05, 4.69) is 17.2 Å². The number of hydrogen-bond acceptors (Lipinski definition) is 3. The van der Waals surface area contributed by atoms with Crippen LogP contribution in [0.15, 0.2) is 18.3 Å². The highest BCUT2D eigenvalue weighted by atomic mass is 16.2. The van der Waals surface area contributed by atoms with E-state index in [0.717, 1.165) is 37.5 Å². The van der Waals surface area contributed by atoms with Crippen LogP contribution < -0.4 is 5.32 Å². The molecule has 17 heavy (non-hydrogen) atoms. The molecule has 0 saturated carbocycles. The van der Waals surface area contributed by atoms with Gasteiger partial charge in [-0.2, -0.15) is 0 Å². The van der Waals surface area contributed by atoms with E-state index in [4.69, 9.17) is 0 Å². The Morgan fingerprint density at radius 3 is 2.65 bits per heavy atom. The summed E-state index contributed by atoms with van der Waals surface area (Å²) in [6.45, 7) is 3.95. The van der Waals surface area contributed by atoms with E-state index >= 15 is 0 Å². The van der Waals surface area contributed by atoms with Gasteiger partial charge in [0.1, 0.15) is 5.69 Å². The van der Waals surface area contributed by atoms with Crippen molar-refractivity contribution in [2.24, 2.45) is 5.92 Å². The number of nitrogens with one attached hydrogen (secondary N) is 1. The average molecular weight is 233 g/mol. The van der Waals surface area contributed by atoms with Gasteiger partial charge in [0, 0.05) is 20.1 Å². The van der Waals surface area contributed by atoms with Crippen molar-refractivity contribution in [2.75, 3.05) is 25.5 Å². The molecule has 2 heterocycles. The van der Waals surface area contributed by atoms with E-state index < -0.39 is 0 Å². The van der Waals surface area contributed by atoms with Crippen LogP contribution in [0.1, 0.15) is 30.3 Å². The Morgan fingerprint density at radius 2 is 2.12 bits per heavy atom. The first kappa shape index (κ1) is 11.9. The summed E-state index contributed by atoms with van der Waals surface area (Å²) in [5.74, 6) is 0.790. The van der Waals surface area contributed by atoms with Crippen LogP contribution in [-0.2, 0) is 0 Å². The minimum atomic E-state index is 0.0551. The van der Waals surface area contributed by atoms with Gasteiger partial charge in [-0.05, 0) is 30.9 Å². The molecule has 0 atom stereocenters. The van der Waals surface area contributed by atoms with Crippen molar-refractivity contribution >= 4 is 11.6 Å². The van der Waals surface area contributed by atoms with E-state index in [-0.39, 0.29) is 5.91 Å². The summed E-state index contributed by atoms with van der Waals surface area (Å²) in [6.07, 6.45) is 3.89. The zero-order valence-corrected chi connectivity index (χ0v) is 10.4. The number of piperidine rings is 1. The maximum Gasteiger partial charge on any atom is 0.272 e. The summed E-state index contributed by atoms with van der Waals surface area (Å²) in [5.41, 5.74) is 1.47. The lowest BCUT2D eigenvalue weighted by molar-refractivity contribution is 0.0691. The zero-order valence-electron chi connectivity index (χ0n) is 10.4. The average Bonchev–Trinajstić information content (AvgIpc) is 2.39. The van der Waals surface area contributed by atoms with Gasteiger partial charge in [-0.1, -0.05) is 6.92 Å². The number of likely N-dealkylation sites (tertiary alicyclic amines) is 1. The minimum Gasteiger partial charge on any atom is -0.387 e. The maximum absolute atomic E-state index is 12.1. The third-order valence-corrected chi connectivity index (χ3v) is 3.34. The quantitative estimate of drug-likeness (QED) is 0.849. The lowest BCUT2D eigenvalue weighted by Gasteiger charge is -2.30. The maximum atomic E-state index is 12.1. The van der Waals surface area contributed by atoms with Crippen LogP contribution in [0, 0.1) is 5.92 Å². The molecular formula is C13H19N3O. The molecule has 1 aliphatic heterocycles. The molecule has 0 unspecified atom stereocenters. The van der Waals surface area contributed by atoms with Crippen LogP contribution in [0.2, 0.25) is 0 Å². The number of nitrogens with zero attached hydrogens (tertiary/aromatic N) is 2. The van der Waals surface area contributed by atoms with Crippen molar-refractivity contribution in [3.63, 3.8) is 0 Å². The fraction of sp³-hybridized carbons (Fsp3) is 0.538. The van der Waals surface area contributed by atoms with Gasteiger partial charge < -0.3 is 10.2 Å². The fourth-order valence-corrected chi connectivity index (χ4v) is 2.04. The number of amides is 1. The second-order valence-corrected chi connectivity index (χ2v) is 4.66. The number of aromatic nitrogens is 1. The Labute approximate surface area is 102 Å². The smallest absolute Gasteiger partial charge is 0.272 e. The first-order valence-corrected chi connectivity index (χ1v) is 6.14. The topological polar surface area (TPSA) is 45.2 Å². The van der Waals surface area contributed by atoms with Crippen molar-refractivity contribution in [1.29, 1.82) is 0 Å². The highest BCUT2D eigenvalue weighted by molar-refractivity contribution is 5.92. The van der Waals surface area contributed by atoms with Crippen molar-refractivity contribution in [3.8, 4) is 0 Å². The molecule has 0 bridgehead atoms. The third kappa shape index (κ3) is 2.75. The summed E-state index contributed by atoms with van der Waals surface area (Å²) < 4.78 is 0. The molecule has 1 saturated heterocycles. The Morgan fingerprint density at radius 1 is 1.41 bits per heavy atom. The number of rotatable bonds is 2. The summed E-state index contributed by atoms with van der Waals surface area (Å²) in [5, 5.41) is 2.99. The summed E-state index contributed by atoms with van der Waals surface area (Å²) in [4.78, 5) is 18.2. The number of carbonyl (C=O) groups is 1. The van der Waals surface area contributed by atoms with Crippen molar-refractivity contribution in [1.82, 2.24) is 9.88 Å². The molecule has 4 heteroatoms. The molecule has 1 aromatic rings. The number of carbonyl (C=O) groups excluding carboxylic acids is 1. The molecular weight excluding hydrogens is 214 g/mol. The minimum absolute atomic E-state index is 0.0551. The van der Waals surface area contributed by atoms with Gasteiger partial charge in [0.2, 0.25) is 0 Å². The summed E-state index contributed by atoms with van der Waals surface area (Å²) in [6, 6.07) is 3.67. The molecule has 0 spiro atoms. The van der Waals surface area contributed by atoms with Gasteiger partial charge in [0.25, 0.3) is 5.91 Å². The van der Waals surface area contributed by atoms with E-state index in [9.17, 15) is 4.79 Å². The highest BCUT2D eigenvalue weighted by Crippen LogP contribution is 2.17. The van der Waals surface area contributed by atoms with Gasteiger partial charge in [-0.15, -0.1) is 0 Å². The van der Waals surface area contributed by atoms with Gasteiger partial charge >= 0.3 is 0 Å². The monoisotopic (exact) mass is 233 g/mol. The number of hydrogen-bond donors (Lipinski definition) is 1. The largest absolute Gasteiger partial charge is 0.387 e. The van der Waals surface area contributed by atoms with Crippen LogP contribution in [0.25, 0.3) is 0 Å².